The number of benzene rings is 1. The Morgan fingerprint density at radius 1 is 1.16 bits per heavy atom. The molecule has 0 radical (unpaired) electrons. The summed E-state index contributed by atoms with van der Waals surface area (Å²) in [4.78, 5) is 26.8. The fourth-order valence-electron chi connectivity index (χ4n) is 4.29. The topological polar surface area (TPSA) is 58.6 Å². The van der Waals surface area contributed by atoms with Gasteiger partial charge in [-0.3, -0.25) is 4.79 Å². The van der Waals surface area contributed by atoms with Crippen molar-refractivity contribution in [3.63, 3.8) is 0 Å². The lowest BCUT2D eigenvalue weighted by atomic mass is 10.0. The Morgan fingerprint density at radius 3 is 2.52 bits per heavy atom. The Balaban J connectivity index is 1.67. The average Bonchev–Trinajstić information content (AvgIpc) is 3.60. The van der Waals surface area contributed by atoms with E-state index in [0.29, 0.717) is 12.5 Å². The van der Waals surface area contributed by atoms with Crippen LogP contribution >= 0.6 is 0 Å². The first-order valence-corrected chi connectivity index (χ1v) is 11.4. The molecule has 2 aliphatic rings. The van der Waals surface area contributed by atoms with E-state index in [0.717, 1.165) is 55.5 Å². The molecule has 2 fully saturated rings. The van der Waals surface area contributed by atoms with E-state index in [4.69, 9.17) is 14.7 Å². The molecule has 1 aromatic carbocycles. The van der Waals surface area contributed by atoms with Gasteiger partial charge in [-0.05, 0) is 25.3 Å². The van der Waals surface area contributed by atoms with Crippen LogP contribution in [0.3, 0.4) is 0 Å². The quantitative estimate of drug-likeness (QED) is 0.681. The third kappa shape index (κ3) is 5.06. The Hall–Kier alpha value is -2.47. The highest BCUT2D eigenvalue weighted by Gasteiger charge is 2.31. The van der Waals surface area contributed by atoms with Crippen LogP contribution in [0, 0.1) is 12.8 Å². The number of piperazine rings is 1. The number of hydrogen-bond donors (Lipinski definition) is 0. The van der Waals surface area contributed by atoms with Gasteiger partial charge in [-0.15, -0.1) is 0 Å². The van der Waals surface area contributed by atoms with E-state index in [1.54, 1.807) is 7.11 Å². The SMILES string of the molecule is COCc1nc(C2CC2)nc(N2CCN(C(=O)C(C)C)CC2)c1Cc1cccc(C)c1. The molecule has 1 aromatic heterocycles. The van der Waals surface area contributed by atoms with Crippen LogP contribution < -0.4 is 4.90 Å². The number of methoxy groups -OCH3 is 1. The number of carbonyl (C=O) groups excluding carboxylic acids is 1. The first-order chi connectivity index (χ1) is 15.0. The zero-order valence-corrected chi connectivity index (χ0v) is 19.2. The molecular formula is C25H34N4O2. The van der Waals surface area contributed by atoms with E-state index >= 15 is 0 Å². The minimum absolute atomic E-state index is 0.0391. The summed E-state index contributed by atoms with van der Waals surface area (Å²) in [7, 11) is 1.73. The van der Waals surface area contributed by atoms with Gasteiger partial charge in [-0.1, -0.05) is 43.7 Å². The molecule has 0 N–H and O–H groups in total. The normalized spacial score (nSPS) is 16.8. The number of ether oxygens (including phenoxy) is 1. The zero-order valence-electron chi connectivity index (χ0n) is 19.2. The van der Waals surface area contributed by atoms with Crippen molar-refractivity contribution in [2.24, 2.45) is 5.92 Å². The minimum atomic E-state index is 0.0391. The first-order valence-electron chi connectivity index (χ1n) is 11.4. The number of anilines is 1. The van der Waals surface area contributed by atoms with Gasteiger partial charge in [0.1, 0.15) is 11.6 Å². The van der Waals surface area contributed by atoms with E-state index in [1.165, 1.54) is 24.0 Å². The molecule has 0 atom stereocenters. The standard InChI is InChI=1S/C25H34N4O2/c1-17(2)25(30)29-12-10-28(11-13-29)24-21(15-19-7-5-6-18(3)14-19)22(16-31-4)26-23(27-24)20-8-9-20/h5-7,14,17,20H,8-13,15-16H2,1-4H3. The molecule has 0 bridgehead atoms. The van der Waals surface area contributed by atoms with E-state index < -0.39 is 0 Å². The molecular weight excluding hydrogens is 388 g/mol. The lowest BCUT2D eigenvalue weighted by Crippen LogP contribution is -2.50. The summed E-state index contributed by atoms with van der Waals surface area (Å²) in [6, 6.07) is 8.63. The van der Waals surface area contributed by atoms with Crippen LogP contribution in [0.15, 0.2) is 24.3 Å². The van der Waals surface area contributed by atoms with Gasteiger partial charge < -0.3 is 14.5 Å². The number of nitrogens with zero attached hydrogens (tertiary/aromatic N) is 4. The molecule has 31 heavy (non-hydrogen) atoms. The third-order valence-electron chi connectivity index (χ3n) is 6.16. The molecule has 166 valence electrons. The number of amides is 1. The highest BCUT2D eigenvalue weighted by atomic mass is 16.5. The molecule has 6 nitrogen and oxygen atoms in total. The van der Waals surface area contributed by atoms with Gasteiger partial charge in [0.25, 0.3) is 0 Å². The number of aryl methyl sites for hydroxylation is 1. The van der Waals surface area contributed by atoms with Gasteiger partial charge in [0.2, 0.25) is 5.91 Å². The first kappa shape index (κ1) is 21.8. The molecule has 1 saturated carbocycles. The maximum Gasteiger partial charge on any atom is 0.225 e. The van der Waals surface area contributed by atoms with Crippen molar-refractivity contribution in [3.05, 3.63) is 52.5 Å². The molecule has 4 rings (SSSR count). The third-order valence-corrected chi connectivity index (χ3v) is 6.16. The van der Waals surface area contributed by atoms with Gasteiger partial charge in [0.15, 0.2) is 0 Å². The molecule has 1 saturated heterocycles. The lowest BCUT2D eigenvalue weighted by molar-refractivity contribution is -0.134. The van der Waals surface area contributed by atoms with Crippen LogP contribution in [-0.4, -0.2) is 54.1 Å². The summed E-state index contributed by atoms with van der Waals surface area (Å²) in [5.41, 5.74) is 4.66. The molecule has 6 heteroatoms. The smallest absolute Gasteiger partial charge is 0.225 e. The van der Waals surface area contributed by atoms with E-state index in [1.807, 2.05) is 18.7 Å². The maximum atomic E-state index is 12.4. The highest BCUT2D eigenvalue weighted by molar-refractivity contribution is 5.78. The number of hydrogen-bond acceptors (Lipinski definition) is 5. The summed E-state index contributed by atoms with van der Waals surface area (Å²) in [6.45, 7) is 9.63. The number of rotatable bonds is 7. The largest absolute Gasteiger partial charge is 0.378 e. The van der Waals surface area contributed by atoms with Crippen molar-refractivity contribution in [2.75, 3.05) is 38.2 Å². The Morgan fingerprint density at radius 2 is 1.90 bits per heavy atom. The summed E-state index contributed by atoms with van der Waals surface area (Å²) >= 11 is 0. The summed E-state index contributed by atoms with van der Waals surface area (Å²) < 4.78 is 5.54. The fraction of sp³-hybridized carbons (Fsp3) is 0.560. The summed E-state index contributed by atoms with van der Waals surface area (Å²) in [5, 5.41) is 0. The predicted molar refractivity (Wildman–Crippen MR) is 122 cm³/mol. The average molecular weight is 423 g/mol. The molecule has 2 aromatic rings. The summed E-state index contributed by atoms with van der Waals surface area (Å²) in [5.74, 6) is 2.74. The lowest BCUT2D eigenvalue weighted by Gasteiger charge is -2.37. The van der Waals surface area contributed by atoms with Crippen molar-refractivity contribution in [2.45, 2.75) is 52.6 Å². The van der Waals surface area contributed by atoms with Crippen molar-refractivity contribution >= 4 is 11.7 Å². The van der Waals surface area contributed by atoms with Crippen LogP contribution in [0.25, 0.3) is 0 Å². The van der Waals surface area contributed by atoms with E-state index in [-0.39, 0.29) is 11.8 Å². The van der Waals surface area contributed by atoms with Crippen molar-refractivity contribution < 1.29 is 9.53 Å². The van der Waals surface area contributed by atoms with Gasteiger partial charge in [-0.25, -0.2) is 9.97 Å². The second kappa shape index (κ2) is 9.35. The fourth-order valence-corrected chi connectivity index (χ4v) is 4.29. The van der Waals surface area contributed by atoms with Crippen LogP contribution in [0.5, 0.6) is 0 Å². The van der Waals surface area contributed by atoms with Gasteiger partial charge >= 0.3 is 0 Å². The van der Waals surface area contributed by atoms with Crippen LogP contribution in [0.1, 0.15) is 60.8 Å². The Bertz CT molecular complexity index is 931. The highest BCUT2D eigenvalue weighted by Crippen LogP contribution is 2.40. The second-order valence-electron chi connectivity index (χ2n) is 9.17. The molecule has 2 heterocycles. The van der Waals surface area contributed by atoms with Gasteiger partial charge in [0.05, 0.1) is 12.3 Å². The molecule has 1 aliphatic heterocycles. The van der Waals surface area contributed by atoms with Crippen LogP contribution in [-0.2, 0) is 22.6 Å². The van der Waals surface area contributed by atoms with Crippen molar-refractivity contribution in [1.29, 1.82) is 0 Å². The van der Waals surface area contributed by atoms with Crippen LogP contribution in [0.2, 0.25) is 0 Å². The second-order valence-corrected chi connectivity index (χ2v) is 9.17. The molecule has 0 unspecified atom stereocenters. The number of aromatic nitrogens is 2. The van der Waals surface area contributed by atoms with E-state index in [9.17, 15) is 4.79 Å². The predicted octanol–water partition coefficient (Wildman–Crippen LogP) is 3.70. The van der Waals surface area contributed by atoms with Crippen molar-refractivity contribution in [3.8, 4) is 0 Å². The molecule has 1 aliphatic carbocycles. The molecule has 1 amide bonds. The minimum Gasteiger partial charge on any atom is -0.378 e. The summed E-state index contributed by atoms with van der Waals surface area (Å²) in [6.07, 6.45) is 3.12. The molecule has 0 spiro atoms. The van der Waals surface area contributed by atoms with E-state index in [2.05, 4.69) is 36.1 Å². The zero-order chi connectivity index (χ0) is 22.0. The van der Waals surface area contributed by atoms with Gasteiger partial charge in [0, 0.05) is 57.1 Å². The number of carbonyl (C=O) groups is 1. The van der Waals surface area contributed by atoms with Crippen molar-refractivity contribution in [1.82, 2.24) is 14.9 Å². The van der Waals surface area contributed by atoms with Crippen LogP contribution in [0.4, 0.5) is 5.82 Å². The maximum absolute atomic E-state index is 12.4. The van der Waals surface area contributed by atoms with Gasteiger partial charge in [-0.2, -0.15) is 0 Å². The Kier molecular flexibility index (Phi) is 6.56. The monoisotopic (exact) mass is 422 g/mol. The Labute approximate surface area is 185 Å².